The Bertz CT molecular complexity index is 783. The normalized spacial score (nSPS) is 11.4. The van der Waals surface area contributed by atoms with Gasteiger partial charge in [-0.1, -0.05) is 48.2 Å². The van der Waals surface area contributed by atoms with E-state index in [1.165, 1.54) is 17.3 Å². The molecule has 0 saturated heterocycles. The second-order valence-electron chi connectivity index (χ2n) is 4.75. The van der Waals surface area contributed by atoms with E-state index in [2.05, 4.69) is 33.1 Å². The van der Waals surface area contributed by atoms with E-state index in [1.54, 1.807) is 0 Å². The SMILES string of the molecule is CSC(N)=Nc1cccc2[nH][n+](Cc3ccccc3)cc12.[I-]. The Morgan fingerprint density at radius 3 is 2.68 bits per heavy atom. The van der Waals surface area contributed by atoms with Crippen LogP contribution in [0.2, 0.25) is 0 Å². The Kier molecular flexibility index (Phi) is 5.84. The van der Waals surface area contributed by atoms with Crippen molar-refractivity contribution in [2.75, 3.05) is 6.26 Å². The Hall–Kier alpha value is -1.54. The van der Waals surface area contributed by atoms with E-state index in [-0.39, 0.29) is 24.0 Å². The molecule has 3 rings (SSSR count). The van der Waals surface area contributed by atoms with Crippen LogP contribution in [0.4, 0.5) is 5.69 Å². The molecule has 0 atom stereocenters. The number of nitrogens with one attached hydrogen (secondary N) is 1. The molecule has 3 aromatic rings. The molecular weight excluding hydrogens is 407 g/mol. The fourth-order valence-corrected chi connectivity index (χ4v) is 2.45. The molecule has 114 valence electrons. The molecule has 2 aromatic carbocycles. The van der Waals surface area contributed by atoms with Crippen LogP contribution in [0.3, 0.4) is 0 Å². The van der Waals surface area contributed by atoms with Crippen LogP contribution >= 0.6 is 11.8 Å². The Balaban J connectivity index is 0.00000176. The van der Waals surface area contributed by atoms with E-state index < -0.39 is 0 Å². The summed E-state index contributed by atoms with van der Waals surface area (Å²) in [6.45, 7) is 0.802. The van der Waals surface area contributed by atoms with Gasteiger partial charge in [-0.25, -0.2) is 4.99 Å². The van der Waals surface area contributed by atoms with E-state index in [0.717, 1.165) is 23.1 Å². The largest absolute Gasteiger partial charge is 1.00 e. The number of halogens is 1. The number of hydrogen-bond donors (Lipinski definition) is 2. The fourth-order valence-electron chi connectivity index (χ4n) is 2.26. The highest BCUT2D eigenvalue weighted by molar-refractivity contribution is 8.13. The van der Waals surface area contributed by atoms with Gasteiger partial charge in [0, 0.05) is 5.56 Å². The first kappa shape index (κ1) is 16.8. The van der Waals surface area contributed by atoms with Crippen molar-refractivity contribution in [1.82, 2.24) is 5.10 Å². The first-order valence-electron chi connectivity index (χ1n) is 6.69. The van der Waals surface area contributed by atoms with Gasteiger partial charge in [0.05, 0.1) is 11.1 Å². The summed E-state index contributed by atoms with van der Waals surface area (Å²) < 4.78 is 2.06. The summed E-state index contributed by atoms with van der Waals surface area (Å²) >= 11 is 1.45. The molecule has 0 unspecified atom stereocenters. The topological polar surface area (TPSA) is 58.0 Å². The maximum Gasteiger partial charge on any atom is 0.205 e. The minimum atomic E-state index is 0. The number of nitrogens with two attached hydrogens (primary N) is 1. The number of hydrogen-bond acceptors (Lipinski definition) is 2. The van der Waals surface area contributed by atoms with Gasteiger partial charge in [0.15, 0.2) is 11.7 Å². The molecule has 4 nitrogen and oxygen atoms in total. The van der Waals surface area contributed by atoms with Gasteiger partial charge in [0.25, 0.3) is 0 Å². The van der Waals surface area contributed by atoms with Crippen molar-refractivity contribution < 1.29 is 28.7 Å². The molecule has 0 radical (unpaired) electrons. The Labute approximate surface area is 150 Å². The fraction of sp³-hybridized carbons (Fsp3) is 0.125. The number of aliphatic imine (C=N–C) groups is 1. The summed E-state index contributed by atoms with van der Waals surface area (Å²) in [5.41, 5.74) is 9.02. The number of aromatic nitrogens is 2. The van der Waals surface area contributed by atoms with Crippen LogP contribution in [0.1, 0.15) is 5.56 Å². The van der Waals surface area contributed by atoms with Crippen LogP contribution in [0.15, 0.2) is 59.7 Å². The zero-order valence-electron chi connectivity index (χ0n) is 12.2. The molecule has 0 amide bonds. The van der Waals surface area contributed by atoms with Crippen molar-refractivity contribution in [3.63, 3.8) is 0 Å². The maximum absolute atomic E-state index is 5.82. The van der Waals surface area contributed by atoms with Crippen LogP contribution in [0.5, 0.6) is 0 Å². The number of nitrogens with zero attached hydrogens (tertiary/aromatic N) is 2. The summed E-state index contributed by atoms with van der Waals surface area (Å²) in [5.74, 6) is 0. The van der Waals surface area contributed by atoms with Gasteiger partial charge < -0.3 is 29.7 Å². The molecule has 0 fully saturated rings. The van der Waals surface area contributed by atoms with Crippen molar-refractivity contribution in [3.05, 3.63) is 60.3 Å². The summed E-state index contributed by atoms with van der Waals surface area (Å²) in [6.07, 6.45) is 4.00. The molecule has 3 N–H and O–H groups in total. The van der Waals surface area contributed by atoms with E-state index in [1.807, 2.05) is 42.7 Å². The molecular formula is C16H17IN4S. The van der Waals surface area contributed by atoms with Gasteiger partial charge in [0.2, 0.25) is 6.20 Å². The zero-order chi connectivity index (χ0) is 14.7. The second-order valence-corrected chi connectivity index (χ2v) is 5.57. The van der Waals surface area contributed by atoms with Crippen LogP contribution < -0.4 is 34.4 Å². The second kappa shape index (κ2) is 7.64. The number of aromatic amines is 1. The number of fused-ring (bicyclic) bond motifs is 1. The lowest BCUT2D eigenvalue weighted by atomic mass is 10.2. The highest BCUT2D eigenvalue weighted by Gasteiger charge is 2.11. The third-order valence-corrected chi connectivity index (χ3v) is 3.78. The Morgan fingerprint density at radius 1 is 1.18 bits per heavy atom. The molecule has 0 aliphatic rings. The van der Waals surface area contributed by atoms with E-state index in [0.29, 0.717) is 5.17 Å². The smallest absolute Gasteiger partial charge is 0.205 e. The summed E-state index contributed by atoms with van der Waals surface area (Å²) in [4.78, 5) is 4.45. The first-order valence-corrected chi connectivity index (χ1v) is 7.92. The molecule has 0 spiro atoms. The maximum atomic E-state index is 5.82. The van der Waals surface area contributed by atoms with Gasteiger partial charge in [-0.3, -0.25) is 0 Å². The number of benzene rings is 2. The molecule has 0 aliphatic heterocycles. The predicted molar refractivity (Wildman–Crippen MR) is 88.8 cm³/mol. The Morgan fingerprint density at radius 2 is 1.95 bits per heavy atom. The highest BCUT2D eigenvalue weighted by atomic mass is 127. The molecule has 0 bridgehead atoms. The van der Waals surface area contributed by atoms with Gasteiger partial charge in [-0.15, -0.1) is 4.68 Å². The van der Waals surface area contributed by atoms with Crippen LogP contribution in [-0.4, -0.2) is 16.5 Å². The molecule has 1 aromatic heterocycles. The quantitative estimate of drug-likeness (QED) is 0.265. The van der Waals surface area contributed by atoms with E-state index >= 15 is 0 Å². The summed E-state index contributed by atoms with van der Waals surface area (Å²) in [5, 5.41) is 5.02. The third-order valence-electron chi connectivity index (χ3n) is 3.27. The average Bonchev–Trinajstić information content (AvgIpc) is 2.91. The lowest BCUT2D eigenvalue weighted by Gasteiger charge is -1.96. The van der Waals surface area contributed by atoms with Crippen molar-refractivity contribution in [1.29, 1.82) is 0 Å². The van der Waals surface area contributed by atoms with Crippen LogP contribution in [-0.2, 0) is 6.54 Å². The van der Waals surface area contributed by atoms with Crippen molar-refractivity contribution >= 4 is 33.5 Å². The van der Waals surface area contributed by atoms with E-state index in [9.17, 15) is 0 Å². The minimum absolute atomic E-state index is 0. The predicted octanol–water partition coefficient (Wildman–Crippen LogP) is -0.183. The molecule has 1 heterocycles. The van der Waals surface area contributed by atoms with Gasteiger partial charge in [0.1, 0.15) is 5.52 Å². The standard InChI is InChI=1S/C16H16N4S.HI/c1-21-16(17)18-14-8-5-9-15-13(14)11-20(19-15)10-12-6-3-2-4-7-12;/h2-9,11H,10H2,1H3,(H2,17,18,19);1H. The van der Waals surface area contributed by atoms with Crippen LogP contribution in [0, 0.1) is 0 Å². The third kappa shape index (κ3) is 3.80. The lowest BCUT2D eigenvalue weighted by Crippen LogP contribution is -3.00. The van der Waals surface area contributed by atoms with Gasteiger partial charge in [-0.2, -0.15) is 5.10 Å². The number of rotatable bonds is 3. The number of thioether (sulfide) groups is 1. The molecule has 6 heteroatoms. The number of H-pyrrole nitrogens is 1. The number of amidine groups is 1. The molecule has 0 saturated carbocycles. The minimum Gasteiger partial charge on any atom is -1.00 e. The van der Waals surface area contributed by atoms with Crippen molar-refractivity contribution in [3.8, 4) is 0 Å². The van der Waals surface area contributed by atoms with Crippen LogP contribution in [0.25, 0.3) is 10.9 Å². The average molecular weight is 424 g/mol. The van der Waals surface area contributed by atoms with E-state index in [4.69, 9.17) is 5.73 Å². The highest BCUT2D eigenvalue weighted by Crippen LogP contribution is 2.24. The summed E-state index contributed by atoms with van der Waals surface area (Å²) in [6, 6.07) is 16.4. The molecule has 0 aliphatic carbocycles. The monoisotopic (exact) mass is 424 g/mol. The van der Waals surface area contributed by atoms with Gasteiger partial charge >= 0.3 is 0 Å². The van der Waals surface area contributed by atoms with Crippen molar-refractivity contribution in [2.24, 2.45) is 10.7 Å². The summed E-state index contributed by atoms with van der Waals surface area (Å²) in [7, 11) is 0. The van der Waals surface area contributed by atoms with Crippen molar-refractivity contribution in [2.45, 2.75) is 6.54 Å². The first-order chi connectivity index (χ1) is 10.3. The zero-order valence-corrected chi connectivity index (χ0v) is 15.1. The lowest BCUT2D eigenvalue weighted by molar-refractivity contribution is -0.740. The molecule has 22 heavy (non-hydrogen) atoms. The van der Waals surface area contributed by atoms with Gasteiger partial charge in [-0.05, 0) is 18.4 Å².